The highest BCUT2D eigenvalue weighted by molar-refractivity contribution is 5.76. The molecule has 0 saturated carbocycles. The third-order valence-corrected chi connectivity index (χ3v) is 3.12. The number of hydrogen-bond donors (Lipinski definition) is 2. The summed E-state index contributed by atoms with van der Waals surface area (Å²) in [7, 11) is 0. The van der Waals surface area contributed by atoms with Gasteiger partial charge < -0.3 is 15.2 Å². The molecular formula is C13H17NO3. The minimum absolute atomic E-state index is 0.309. The van der Waals surface area contributed by atoms with Gasteiger partial charge >= 0.3 is 5.97 Å². The van der Waals surface area contributed by atoms with E-state index in [1.807, 2.05) is 19.1 Å². The lowest BCUT2D eigenvalue weighted by Gasteiger charge is -2.37. The molecule has 0 amide bonds. The molecule has 0 spiro atoms. The molecule has 2 rings (SSSR count). The first-order valence-corrected chi connectivity index (χ1v) is 5.70. The molecule has 0 radical (unpaired) electrons. The van der Waals surface area contributed by atoms with Crippen LogP contribution in [-0.4, -0.2) is 30.8 Å². The summed E-state index contributed by atoms with van der Waals surface area (Å²) < 4.78 is 5.00. The fraction of sp³-hybridized carbons (Fsp3) is 0.462. The fourth-order valence-corrected chi connectivity index (χ4v) is 1.80. The van der Waals surface area contributed by atoms with E-state index in [0.29, 0.717) is 26.3 Å². The van der Waals surface area contributed by atoms with E-state index in [9.17, 15) is 4.79 Å². The molecule has 92 valence electrons. The summed E-state index contributed by atoms with van der Waals surface area (Å²) in [5.41, 5.74) is 1.67. The first-order chi connectivity index (χ1) is 8.12. The maximum Gasteiger partial charge on any atom is 0.315 e. The van der Waals surface area contributed by atoms with Gasteiger partial charge in [0.25, 0.3) is 0 Å². The van der Waals surface area contributed by atoms with E-state index in [-0.39, 0.29) is 0 Å². The highest BCUT2D eigenvalue weighted by atomic mass is 16.5. The van der Waals surface area contributed by atoms with Gasteiger partial charge in [0.05, 0.1) is 13.2 Å². The highest BCUT2D eigenvalue weighted by Crippen LogP contribution is 2.26. The average molecular weight is 235 g/mol. The standard InChI is InChI=1S/C13H17NO3/c1-10-2-4-11(5-3-10)6-14-7-13(12(15)16)8-17-9-13/h2-5,14H,6-9H2,1H3,(H,15,16). The van der Waals surface area contributed by atoms with Gasteiger partial charge in [0.2, 0.25) is 0 Å². The van der Waals surface area contributed by atoms with Crippen molar-refractivity contribution >= 4 is 5.97 Å². The number of carbonyl (C=O) groups is 1. The number of aryl methyl sites for hydroxylation is 1. The lowest BCUT2D eigenvalue weighted by Crippen LogP contribution is -2.55. The highest BCUT2D eigenvalue weighted by Gasteiger charge is 2.45. The van der Waals surface area contributed by atoms with Crippen molar-refractivity contribution in [3.05, 3.63) is 35.4 Å². The Morgan fingerprint density at radius 1 is 1.41 bits per heavy atom. The molecule has 0 bridgehead atoms. The third kappa shape index (κ3) is 2.65. The van der Waals surface area contributed by atoms with Crippen LogP contribution >= 0.6 is 0 Å². The topological polar surface area (TPSA) is 58.6 Å². The summed E-state index contributed by atoms with van der Waals surface area (Å²) >= 11 is 0. The largest absolute Gasteiger partial charge is 0.481 e. The van der Waals surface area contributed by atoms with Crippen LogP contribution in [-0.2, 0) is 16.1 Å². The summed E-state index contributed by atoms with van der Waals surface area (Å²) in [5, 5.41) is 12.3. The monoisotopic (exact) mass is 235 g/mol. The van der Waals surface area contributed by atoms with Gasteiger partial charge in [-0.25, -0.2) is 0 Å². The maximum atomic E-state index is 11.1. The second kappa shape index (κ2) is 4.85. The van der Waals surface area contributed by atoms with Crippen molar-refractivity contribution in [2.24, 2.45) is 5.41 Å². The average Bonchev–Trinajstić information content (AvgIpc) is 2.24. The van der Waals surface area contributed by atoms with E-state index >= 15 is 0 Å². The smallest absolute Gasteiger partial charge is 0.315 e. The van der Waals surface area contributed by atoms with Gasteiger partial charge in [-0.05, 0) is 12.5 Å². The Bertz CT molecular complexity index is 396. The second-order valence-corrected chi connectivity index (χ2v) is 4.67. The Kier molecular flexibility index (Phi) is 3.45. The molecule has 1 aromatic rings. The predicted octanol–water partition coefficient (Wildman–Crippen LogP) is 1.19. The van der Waals surface area contributed by atoms with Gasteiger partial charge in [-0.15, -0.1) is 0 Å². The maximum absolute atomic E-state index is 11.1. The molecule has 0 aromatic heterocycles. The third-order valence-electron chi connectivity index (χ3n) is 3.12. The summed E-state index contributed by atoms with van der Waals surface area (Å²) in [6.45, 7) is 3.81. The van der Waals surface area contributed by atoms with Gasteiger partial charge in [0, 0.05) is 13.1 Å². The Morgan fingerprint density at radius 2 is 2.06 bits per heavy atom. The van der Waals surface area contributed by atoms with Crippen molar-refractivity contribution < 1.29 is 14.6 Å². The number of benzene rings is 1. The first-order valence-electron chi connectivity index (χ1n) is 5.70. The molecular weight excluding hydrogens is 218 g/mol. The van der Waals surface area contributed by atoms with Gasteiger partial charge in [-0.1, -0.05) is 29.8 Å². The number of ether oxygens (including phenoxy) is 1. The van der Waals surface area contributed by atoms with Crippen molar-refractivity contribution in [2.75, 3.05) is 19.8 Å². The van der Waals surface area contributed by atoms with E-state index in [1.165, 1.54) is 5.56 Å². The van der Waals surface area contributed by atoms with Gasteiger partial charge in [-0.2, -0.15) is 0 Å². The minimum Gasteiger partial charge on any atom is -0.481 e. The van der Waals surface area contributed by atoms with Crippen LogP contribution in [0.1, 0.15) is 11.1 Å². The van der Waals surface area contributed by atoms with Crippen LogP contribution in [0.4, 0.5) is 0 Å². The number of aliphatic carboxylic acids is 1. The minimum atomic E-state index is -0.778. The van der Waals surface area contributed by atoms with E-state index in [0.717, 1.165) is 5.56 Å². The summed E-state index contributed by atoms with van der Waals surface area (Å²) in [6, 6.07) is 8.20. The number of nitrogens with one attached hydrogen (secondary N) is 1. The normalized spacial score (nSPS) is 17.5. The van der Waals surface area contributed by atoms with Crippen molar-refractivity contribution in [2.45, 2.75) is 13.5 Å². The summed E-state index contributed by atoms with van der Waals surface area (Å²) in [5.74, 6) is -0.778. The molecule has 1 heterocycles. The van der Waals surface area contributed by atoms with Crippen LogP contribution in [0.25, 0.3) is 0 Å². The van der Waals surface area contributed by atoms with E-state index in [2.05, 4.69) is 17.4 Å². The number of carboxylic acid groups (broad SMARTS) is 1. The van der Waals surface area contributed by atoms with Crippen LogP contribution in [0.3, 0.4) is 0 Å². The quantitative estimate of drug-likeness (QED) is 0.804. The molecule has 17 heavy (non-hydrogen) atoms. The Morgan fingerprint density at radius 3 is 2.53 bits per heavy atom. The van der Waals surface area contributed by atoms with Crippen molar-refractivity contribution in [1.82, 2.24) is 5.32 Å². The van der Waals surface area contributed by atoms with Gasteiger partial charge in [0.1, 0.15) is 5.41 Å². The molecule has 1 aromatic carbocycles. The van der Waals surface area contributed by atoms with Crippen LogP contribution in [0.5, 0.6) is 0 Å². The number of hydrogen-bond acceptors (Lipinski definition) is 3. The molecule has 1 aliphatic heterocycles. The molecule has 4 nitrogen and oxygen atoms in total. The van der Waals surface area contributed by atoms with Crippen LogP contribution in [0.15, 0.2) is 24.3 Å². The number of carboxylic acids is 1. The first kappa shape index (κ1) is 12.1. The van der Waals surface area contributed by atoms with Crippen LogP contribution in [0.2, 0.25) is 0 Å². The zero-order valence-electron chi connectivity index (χ0n) is 9.90. The molecule has 0 aliphatic carbocycles. The van der Waals surface area contributed by atoms with Crippen LogP contribution in [0, 0.1) is 12.3 Å². The second-order valence-electron chi connectivity index (χ2n) is 4.67. The van der Waals surface area contributed by atoms with Crippen LogP contribution < -0.4 is 5.32 Å². The van der Waals surface area contributed by atoms with E-state index < -0.39 is 11.4 Å². The zero-order chi connectivity index (χ0) is 12.3. The summed E-state index contributed by atoms with van der Waals surface area (Å²) in [6.07, 6.45) is 0. The Hall–Kier alpha value is -1.39. The fourth-order valence-electron chi connectivity index (χ4n) is 1.80. The summed E-state index contributed by atoms with van der Waals surface area (Å²) in [4.78, 5) is 11.1. The van der Waals surface area contributed by atoms with Crippen molar-refractivity contribution in [3.8, 4) is 0 Å². The molecule has 0 atom stereocenters. The lowest BCUT2D eigenvalue weighted by molar-refractivity contribution is -0.178. The lowest BCUT2D eigenvalue weighted by atomic mass is 9.86. The van der Waals surface area contributed by atoms with Gasteiger partial charge in [0.15, 0.2) is 0 Å². The van der Waals surface area contributed by atoms with E-state index in [4.69, 9.17) is 9.84 Å². The Labute approximate surface area is 101 Å². The molecule has 0 unspecified atom stereocenters. The molecule has 1 saturated heterocycles. The SMILES string of the molecule is Cc1ccc(CNCC2(C(=O)O)COC2)cc1. The van der Waals surface area contributed by atoms with E-state index in [1.54, 1.807) is 0 Å². The molecule has 1 fully saturated rings. The number of rotatable bonds is 5. The zero-order valence-corrected chi connectivity index (χ0v) is 9.90. The molecule has 2 N–H and O–H groups in total. The predicted molar refractivity (Wildman–Crippen MR) is 63.8 cm³/mol. The molecule has 4 heteroatoms. The molecule has 1 aliphatic rings. The van der Waals surface area contributed by atoms with Gasteiger partial charge in [-0.3, -0.25) is 4.79 Å². The Balaban J connectivity index is 1.83. The van der Waals surface area contributed by atoms with Crippen molar-refractivity contribution in [1.29, 1.82) is 0 Å². The van der Waals surface area contributed by atoms with Crippen molar-refractivity contribution in [3.63, 3.8) is 0 Å².